The number of carbonyl (C=O) groups excluding carboxylic acids is 1. The van der Waals surface area contributed by atoms with Crippen LogP contribution < -0.4 is 10.9 Å². The van der Waals surface area contributed by atoms with Crippen molar-refractivity contribution in [3.63, 3.8) is 0 Å². The van der Waals surface area contributed by atoms with Gasteiger partial charge in [-0.1, -0.05) is 0 Å². The molecule has 8 heteroatoms. The first-order valence-electron chi connectivity index (χ1n) is 7.28. The smallest absolute Gasteiger partial charge is 0.267 e. The second-order valence-electron chi connectivity index (χ2n) is 5.20. The van der Waals surface area contributed by atoms with Crippen molar-refractivity contribution in [1.82, 2.24) is 19.7 Å². The molecule has 0 aliphatic rings. The first kappa shape index (κ1) is 16.0. The molecule has 0 fully saturated rings. The van der Waals surface area contributed by atoms with Crippen molar-refractivity contribution in [2.75, 3.05) is 5.32 Å². The monoisotopic (exact) mass is 341 g/mol. The standard InChI is InChI=1S/C16H15N5O2S/c1-10-9-24-16(18-10)19-15(23)11(2)21-14(22)4-3-13(20-21)12-5-7-17-8-6-12/h3-9,11H,1-2H3,(H,18,19,23). The van der Waals surface area contributed by atoms with Crippen molar-refractivity contribution >= 4 is 22.4 Å². The van der Waals surface area contributed by atoms with E-state index in [1.54, 1.807) is 37.5 Å². The molecule has 0 aliphatic carbocycles. The van der Waals surface area contributed by atoms with Gasteiger partial charge >= 0.3 is 0 Å². The van der Waals surface area contributed by atoms with Gasteiger partial charge in [0.15, 0.2) is 5.13 Å². The van der Waals surface area contributed by atoms with Gasteiger partial charge in [-0.25, -0.2) is 9.67 Å². The number of rotatable bonds is 4. The molecule has 0 aromatic carbocycles. The zero-order valence-corrected chi connectivity index (χ0v) is 13.9. The first-order chi connectivity index (χ1) is 11.5. The number of carbonyl (C=O) groups is 1. The van der Waals surface area contributed by atoms with E-state index < -0.39 is 6.04 Å². The van der Waals surface area contributed by atoms with Gasteiger partial charge in [-0.3, -0.25) is 14.6 Å². The molecular weight excluding hydrogens is 326 g/mol. The molecular formula is C16H15N5O2S. The van der Waals surface area contributed by atoms with Gasteiger partial charge in [0.2, 0.25) is 0 Å². The third kappa shape index (κ3) is 3.38. The lowest BCUT2D eigenvalue weighted by Gasteiger charge is -2.14. The number of thiazole rings is 1. The lowest BCUT2D eigenvalue weighted by atomic mass is 10.2. The van der Waals surface area contributed by atoms with E-state index in [4.69, 9.17) is 0 Å². The minimum atomic E-state index is -0.761. The zero-order chi connectivity index (χ0) is 17.1. The topological polar surface area (TPSA) is 89.8 Å². The van der Waals surface area contributed by atoms with Crippen LogP contribution in [-0.4, -0.2) is 25.7 Å². The zero-order valence-electron chi connectivity index (χ0n) is 13.1. The van der Waals surface area contributed by atoms with Gasteiger partial charge in [0.25, 0.3) is 11.5 Å². The fourth-order valence-corrected chi connectivity index (χ4v) is 2.80. The van der Waals surface area contributed by atoms with E-state index in [-0.39, 0.29) is 11.5 Å². The van der Waals surface area contributed by atoms with Crippen LogP contribution in [-0.2, 0) is 4.79 Å². The van der Waals surface area contributed by atoms with Crippen LogP contribution in [0.3, 0.4) is 0 Å². The fourth-order valence-electron chi connectivity index (χ4n) is 2.11. The maximum absolute atomic E-state index is 12.4. The highest BCUT2D eigenvalue weighted by Crippen LogP contribution is 2.17. The van der Waals surface area contributed by atoms with Crippen LogP contribution in [0.15, 0.2) is 46.8 Å². The van der Waals surface area contributed by atoms with E-state index in [9.17, 15) is 9.59 Å². The third-order valence-corrected chi connectivity index (χ3v) is 4.27. The van der Waals surface area contributed by atoms with Crippen molar-refractivity contribution in [3.8, 4) is 11.3 Å². The van der Waals surface area contributed by atoms with Crippen LogP contribution in [0.5, 0.6) is 0 Å². The van der Waals surface area contributed by atoms with Gasteiger partial charge in [-0.05, 0) is 32.0 Å². The Morgan fingerprint density at radius 2 is 2.00 bits per heavy atom. The summed E-state index contributed by atoms with van der Waals surface area (Å²) in [6, 6.07) is 5.85. The van der Waals surface area contributed by atoms with Crippen molar-refractivity contribution < 1.29 is 4.79 Å². The van der Waals surface area contributed by atoms with E-state index in [1.165, 1.54) is 22.1 Å². The van der Waals surface area contributed by atoms with Gasteiger partial charge in [-0.2, -0.15) is 5.10 Å². The molecule has 7 nitrogen and oxygen atoms in total. The van der Waals surface area contributed by atoms with Crippen LogP contribution in [0.4, 0.5) is 5.13 Å². The number of amides is 1. The molecule has 1 atom stereocenters. The number of nitrogens with zero attached hydrogens (tertiary/aromatic N) is 4. The molecule has 1 amide bonds. The molecule has 1 N–H and O–H groups in total. The van der Waals surface area contributed by atoms with Crippen LogP contribution >= 0.6 is 11.3 Å². The third-order valence-electron chi connectivity index (χ3n) is 3.40. The molecule has 122 valence electrons. The Morgan fingerprint density at radius 1 is 1.25 bits per heavy atom. The van der Waals surface area contributed by atoms with E-state index in [2.05, 4.69) is 20.4 Å². The first-order valence-corrected chi connectivity index (χ1v) is 8.16. The summed E-state index contributed by atoms with van der Waals surface area (Å²) < 4.78 is 1.17. The number of hydrogen-bond donors (Lipinski definition) is 1. The summed E-state index contributed by atoms with van der Waals surface area (Å²) in [6.07, 6.45) is 3.29. The molecule has 24 heavy (non-hydrogen) atoms. The number of aromatic nitrogens is 4. The lowest BCUT2D eigenvalue weighted by molar-refractivity contribution is -0.119. The SMILES string of the molecule is Cc1csc(NC(=O)C(C)n2nc(-c3ccncc3)ccc2=O)n1. The minimum Gasteiger partial charge on any atom is -0.300 e. The molecule has 3 rings (SSSR count). The van der Waals surface area contributed by atoms with E-state index in [0.29, 0.717) is 10.8 Å². The molecule has 0 saturated carbocycles. The highest BCUT2D eigenvalue weighted by molar-refractivity contribution is 7.13. The molecule has 0 saturated heterocycles. The molecule has 0 spiro atoms. The average Bonchev–Trinajstić information content (AvgIpc) is 3.00. The second kappa shape index (κ2) is 6.71. The highest BCUT2D eigenvalue weighted by atomic mass is 32.1. The summed E-state index contributed by atoms with van der Waals surface area (Å²) in [5, 5.41) is 9.36. The molecule has 3 aromatic rings. The van der Waals surface area contributed by atoms with Crippen molar-refractivity contribution in [2.24, 2.45) is 0 Å². The molecule has 0 aliphatic heterocycles. The Bertz CT molecular complexity index is 919. The normalized spacial score (nSPS) is 11.9. The van der Waals surface area contributed by atoms with Crippen LogP contribution in [0.25, 0.3) is 11.3 Å². The second-order valence-corrected chi connectivity index (χ2v) is 6.05. The summed E-state index contributed by atoms with van der Waals surface area (Å²) in [5.41, 5.74) is 1.91. The molecule has 3 aromatic heterocycles. The number of anilines is 1. The van der Waals surface area contributed by atoms with Gasteiger partial charge in [0.05, 0.1) is 11.4 Å². The molecule has 3 heterocycles. The van der Waals surface area contributed by atoms with Crippen LogP contribution in [0.2, 0.25) is 0 Å². The van der Waals surface area contributed by atoms with Crippen molar-refractivity contribution in [3.05, 3.63) is 58.1 Å². The molecule has 0 bridgehead atoms. The largest absolute Gasteiger partial charge is 0.300 e. The quantitative estimate of drug-likeness (QED) is 0.786. The molecule has 0 radical (unpaired) electrons. The fraction of sp³-hybridized carbons (Fsp3) is 0.188. The number of hydrogen-bond acceptors (Lipinski definition) is 6. The van der Waals surface area contributed by atoms with Crippen LogP contribution in [0.1, 0.15) is 18.7 Å². The Kier molecular flexibility index (Phi) is 4.48. The highest BCUT2D eigenvalue weighted by Gasteiger charge is 2.19. The van der Waals surface area contributed by atoms with E-state index >= 15 is 0 Å². The van der Waals surface area contributed by atoms with Gasteiger partial charge in [-0.15, -0.1) is 11.3 Å². The van der Waals surface area contributed by atoms with E-state index in [0.717, 1.165) is 11.3 Å². The summed E-state index contributed by atoms with van der Waals surface area (Å²) in [7, 11) is 0. The van der Waals surface area contributed by atoms with E-state index in [1.807, 2.05) is 12.3 Å². The average molecular weight is 341 g/mol. The van der Waals surface area contributed by atoms with Gasteiger partial charge < -0.3 is 5.32 Å². The van der Waals surface area contributed by atoms with Crippen molar-refractivity contribution in [1.29, 1.82) is 0 Å². The Morgan fingerprint density at radius 3 is 2.67 bits per heavy atom. The predicted molar refractivity (Wildman–Crippen MR) is 91.9 cm³/mol. The predicted octanol–water partition coefficient (Wildman–Crippen LogP) is 2.27. The Labute approximate surface area is 142 Å². The summed E-state index contributed by atoms with van der Waals surface area (Å²) in [4.78, 5) is 32.6. The summed E-state index contributed by atoms with van der Waals surface area (Å²) in [5.74, 6) is -0.342. The van der Waals surface area contributed by atoms with Gasteiger partial charge in [0, 0.05) is 29.4 Å². The molecule has 1 unspecified atom stereocenters. The minimum absolute atomic E-state index is 0.342. The lowest BCUT2D eigenvalue weighted by Crippen LogP contribution is -2.33. The Hall–Kier alpha value is -2.87. The van der Waals surface area contributed by atoms with Crippen LogP contribution in [0, 0.1) is 6.92 Å². The number of aryl methyl sites for hydroxylation is 1. The maximum Gasteiger partial charge on any atom is 0.267 e. The maximum atomic E-state index is 12.4. The van der Waals surface area contributed by atoms with Gasteiger partial charge in [0.1, 0.15) is 6.04 Å². The van der Waals surface area contributed by atoms with Crippen molar-refractivity contribution in [2.45, 2.75) is 19.9 Å². The number of pyridine rings is 1. The Balaban J connectivity index is 1.87. The summed E-state index contributed by atoms with van der Waals surface area (Å²) in [6.45, 7) is 3.47. The summed E-state index contributed by atoms with van der Waals surface area (Å²) >= 11 is 1.34. The number of nitrogens with one attached hydrogen (secondary N) is 1.